The maximum atomic E-state index is 13.0. The van der Waals surface area contributed by atoms with Gasteiger partial charge >= 0.3 is 5.97 Å². The third-order valence-electron chi connectivity index (χ3n) is 4.94. The molecule has 138 valence electrons. The largest absolute Gasteiger partial charge is 0.478 e. The van der Waals surface area contributed by atoms with E-state index in [4.69, 9.17) is 10.1 Å². The van der Waals surface area contributed by atoms with Crippen molar-refractivity contribution in [3.05, 3.63) is 52.3 Å². The first-order valence-electron chi connectivity index (χ1n) is 8.84. The van der Waals surface area contributed by atoms with Crippen molar-refractivity contribution >= 4 is 28.6 Å². The fourth-order valence-electron chi connectivity index (χ4n) is 3.41. The number of fused-ring (bicyclic) bond motifs is 1. The maximum absolute atomic E-state index is 13.0. The van der Waals surface area contributed by atoms with E-state index in [1.807, 2.05) is 20.0 Å². The highest BCUT2D eigenvalue weighted by Crippen LogP contribution is 2.40. The van der Waals surface area contributed by atoms with E-state index >= 15 is 0 Å². The minimum Gasteiger partial charge on any atom is -0.478 e. The number of rotatable bonds is 4. The number of pyridine rings is 1. The van der Waals surface area contributed by atoms with Gasteiger partial charge in [-0.05, 0) is 56.5 Å². The lowest BCUT2D eigenvalue weighted by molar-refractivity contribution is 0.0696. The fraction of sp³-hybridized carbons (Fsp3) is 0.300. The molecule has 2 aromatic heterocycles. The molecule has 0 atom stereocenters. The highest BCUT2D eigenvalue weighted by molar-refractivity contribution is 6.12. The number of aromatic carboxylic acids is 1. The molecule has 1 aliphatic rings. The monoisotopic (exact) mass is 364 g/mol. The highest BCUT2D eigenvalue weighted by atomic mass is 16.4. The number of hydrogen-bond donors (Lipinski definition) is 2. The zero-order valence-corrected chi connectivity index (χ0v) is 15.4. The number of amides is 1. The number of nitrogens with one attached hydrogen (secondary N) is 1. The maximum Gasteiger partial charge on any atom is 0.335 e. The number of carbonyl (C=O) groups is 2. The van der Waals surface area contributed by atoms with Crippen LogP contribution in [0.1, 0.15) is 56.4 Å². The van der Waals surface area contributed by atoms with Gasteiger partial charge in [0.05, 0.1) is 22.2 Å². The van der Waals surface area contributed by atoms with Crippen LogP contribution >= 0.6 is 0 Å². The Kier molecular flexibility index (Phi) is 3.95. The van der Waals surface area contributed by atoms with Crippen molar-refractivity contribution < 1.29 is 14.7 Å². The molecule has 7 heteroatoms. The lowest BCUT2D eigenvalue weighted by atomic mass is 10.1. The van der Waals surface area contributed by atoms with Gasteiger partial charge in [0.1, 0.15) is 0 Å². The lowest BCUT2D eigenvalue weighted by Gasteiger charge is -2.10. The van der Waals surface area contributed by atoms with Crippen molar-refractivity contribution in [3.63, 3.8) is 0 Å². The Morgan fingerprint density at radius 3 is 2.56 bits per heavy atom. The van der Waals surface area contributed by atoms with Gasteiger partial charge in [0, 0.05) is 24.3 Å². The molecule has 4 rings (SSSR count). The Balaban J connectivity index is 1.74. The van der Waals surface area contributed by atoms with Crippen LogP contribution in [0.2, 0.25) is 0 Å². The third-order valence-corrected chi connectivity index (χ3v) is 4.94. The van der Waals surface area contributed by atoms with E-state index in [1.165, 1.54) is 6.07 Å². The quantitative estimate of drug-likeness (QED) is 0.739. The van der Waals surface area contributed by atoms with Crippen LogP contribution < -0.4 is 5.32 Å². The molecule has 2 N–H and O–H groups in total. The first-order valence-corrected chi connectivity index (χ1v) is 8.84. The number of nitrogens with zero attached hydrogens (tertiary/aromatic N) is 3. The number of carboxylic acids is 1. The molecule has 1 amide bonds. The molecule has 7 nitrogen and oxygen atoms in total. The minimum absolute atomic E-state index is 0.221. The van der Waals surface area contributed by atoms with Gasteiger partial charge in [0.2, 0.25) is 0 Å². The summed E-state index contributed by atoms with van der Waals surface area (Å²) in [5, 5.41) is 17.2. The number of aromatic nitrogens is 3. The summed E-state index contributed by atoms with van der Waals surface area (Å²) in [6, 6.07) is 6.63. The van der Waals surface area contributed by atoms with Gasteiger partial charge in [-0.3, -0.25) is 9.48 Å². The molecule has 0 radical (unpaired) electrons. The smallest absolute Gasteiger partial charge is 0.335 e. The van der Waals surface area contributed by atoms with Crippen molar-refractivity contribution in [3.8, 4) is 0 Å². The molecule has 0 unspecified atom stereocenters. The van der Waals surface area contributed by atoms with Gasteiger partial charge in [-0.15, -0.1) is 0 Å². The number of carbonyl (C=O) groups excluding carboxylic acids is 1. The van der Waals surface area contributed by atoms with Gasteiger partial charge in [0.15, 0.2) is 5.65 Å². The Morgan fingerprint density at radius 1 is 1.19 bits per heavy atom. The van der Waals surface area contributed by atoms with Gasteiger partial charge in [-0.2, -0.15) is 5.10 Å². The summed E-state index contributed by atoms with van der Waals surface area (Å²) in [6.45, 7) is 3.57. The Hall–Kier alpha value is -3.22. The van der Waals surface area contributed by atoms with Crippen LogP contribution in [0.5, 0.6) is 0 Å². The van der Waals surface area contributed by atoms with Crippen LogP contribution in [-0.2, 0) is 7.05 Å². The number of carboxylic acid groups (broad SMARTS) is 1. The highest BCUT2D eigenvalue weighted by Gasteiger charge is 2.28. The van der Waals surface area contributed by atoms with E-state index in [1.54, 1.807) is 23.7 Å². The second kappa shape index (κ2) is 6.19. The fourth-order valence-corrected chi connectivity index (χ4v) is 3.41. The summed E-state index contributed by atoms with van der Waals surface area (Å²) < 4.78 is 1.71. The average molecular weight is 364 g/mol. The molecule has 1 saturated carbocycles. The van der Waals surface area contributed by atoms with Crippen LogP contribution in [0.3, 0.4) is 0 Å². The van der Waals surface area contributed by atoms with Crippen LogP contribution in [0, 0.1) is 13.8 Å². The lowest BCUT2D eigenvalue weighted by Crippen LogP contribution is -2.14. The molecule has 0 spiro atoms. The van der Waals surface area contributed by atoms with Gasteiger partial charge in [-0.1, -0.05) is 0 Å². The molecule has 1 fully saturated rings. The van der Waals surface area contributed by atoms with Gasteiger partial charge in [-0.25, -0.2) is 9.78 Å². The average Bonchev–Trinajstić information content (AvgIpc) is 3.41. The van der Waals surface area contributed by atoms with Gasteiger partial charge in [0.25, 0.3) is 5.91 Å². The Bertz CT molecular complexity index is 1100. The van der Waals surface area contributed by atoms with Crippen LogP contribution in [0.25, 0.3) is 11.0 Å². The summed E-state index contributed by atoms with van der Waals surface area (Å²) in [4.78, 5) is 28.9. The van der Waals surface area contributed by atoms with E-state index < -0.39 is 5.97 Å². The Labute approximate surface area is 156 Å². The topological polar surface area (TPSA) is 97.1 Å². The molecule has 1 aromatic carbocycles. The predicted octanol–water partition coefficient (Wildman–Crippen LogP) is 3.41. The molecule has 1 aliphatic carbocycles. The third kappa shape index (κ3) is 3.05. The summed E-state index contributed by atoms with van der Waals surface area (Å²) in [5.74, 6) is -0.822. The van der Waals surface area contributed by atoms with E-state index in [2.05, 4.69) is 10.4 Å². The molecule has 27 heavy (non-hydrogen) atoms. The van der Waals surface area contributed by atoms with Gasteiger partial charge < -0.3 is 10.4 Å². The predicted molar refractivity (Wildman–Crippen MR) is 101 cm³/mol. The summed E-state index contributed by atoms with van der Waals surface area (Å²) in [5.41, 5.74) is 4.31. The number of aryl methyl sites for hydroxylation is 3. The summed E-state index contributed by atoms with van der Waals surface area (Å²) >= 11 is 0. The van der Waals surface area contributed by atoms with E-state index in [-0.39, 0.29) is 11.5 Å². The number of anilines is 1. The first kappa shape index (κ1) is 17.2. The van der Waals surface area contributed by atoms with Crippen LogP contribution in [-0.4, -0.2) is 31.7 Å². The molecule has 3 aromatic rings. The number of hydrogen-bond acceptors (Lipinski definition) is 4. The van der Waals surface area contributed by atoms with Crippen LogP contribution in [0.4, 0.5) is 5.69 Å². The molecule has 0 saturated heterocycles. The molecule has 0 aliphatic heterocycles. The van der Waals surface area contributed by atoms with Crippen molar-refractivity contribution in [2.75, 3.05) is 5.32 Å². The molecule has 2 heterocycles. The molecular formula is C20H20N4O3. The van der Waals surface area contributed by atoms with Crippen molar-refractivity contribution in [2.24, 2.45) is 7.05 Å². The van der Waals surface area contributed by atoms with E-state index in [0.717, 1.165) is 29.6 Å². The minimum atomic E-state index is -0.985. The Morgan fingerprint density at radius 2 is 1.93 bits per heavy atom. The van der Waals surface area contributed by atoms with Crippen molar-refractivity contribution in [1.82, 2.24) is 14.8 Å². The second-order valence-corrected chi connectivity index (χ2v) is 7.07. The van der Waals surface area contributed by atoms with E-state index in [0.29, 0.717) is 28.4 Å². The summed E-state index contributed by atoms with van der Waals surface area (Å²) in [7, 11) is 1.83. The molecule has 0 bridgehead atoms. The number of benzene rings is 1. The second-order valence-electron chi connectivity index (χ2n) is 7.07. The zero-order valence-electron chi connectivity index (χ0n) is 15.4. The van der Waals surface area contributed by atoms with Crippen LogP contribution in [0.15, 0.2) is 24.3 Å². The SMILES string of the molecule is Cc1cc(NC(=O)c2cc(C3CC3)nc3c2c(C)nn3C)ccc1C(=O)O. The normalized spacial score (nSPS) is 13.7. The van der Waals surface area contributed by atoms with E-state index in [9.17, 15) is 9.59 Å². The van der Waals surface area contributed by atoms with Crippen molar-refractivity contribution in [2.45, 2.75) is 32.6 Å². The zero-order chi connectivity index (χ0) is 19.3. The standard InChI is InChI=1S/C20H20N4O3/c1-10-8-13(6-7-14(10)20(26)27)21-19(25)15-9-16(12-4-5-12)22-18-17(15)11(2)23-24(18)3/h6-9,12H,4-5H2,1-3H3,(H,21,25)(H,26,27). The first-order chi connectivity index (χ1) is 12.8. The molecular weight excluding hydrogens is 344 g/mol. The summed E-state index contributed by atoms with van der Waals surface area (Å²) in [6.07, 6.45) is 2.18. The van der Waals surface area contributed by atoms with Crippen molar-refractivity contribution in [1.29, 1.82) is 0 Å².